The van der Waals surface area contributed by atoms with E-state index in [9.17, 15) is 14.3 Å². The first-order valence-corrected chi connectivity index (χ1v) is 12.3. The van der Waals surface area contributed by atoms with E-state index < -0.39 is 7.60 Å². The van der Waals surface area contributed by atoms with Gasteiger partial charge in [0.1, 0.15) is 5.75 Å². The molecule has 0 spiro atoms. The molecule has 3 rings (SSSR count). The Morgan fingerprint density at radius 1 is 1.21 bits per heavy atom. The maximum atomic E-state index is 12.8. The number of carbonyl (C=O) groups excluding carboxylic acids is 1. The first-order chi connectivity index (χ1) is 13.9. The first-order valence-electron chi connectivity index (χ1n) is 9.64. The number of piperazine rings is 1. The zero-order valence-corrected chi connectivity index (χ0v) is 18.5. The summed E-state index contributed by atoms with van der Waals surface area (Å²) >= 11 is 1.39. The topological polar surface area (TPSA) is 79.3 Å². The van der Waals surface area contributed by atoms with E-state index in [4.69, 9.17) is 9.26 Å². The minimum absolute atomic E-state index is 0.0209. The summed E-state index contributed by atoms with van der Waals surface area (Å²) in [5.74, 6) is 0.850. The van der Waals surface area contributed by atoms with Crippen LogP contribution in [0.25, 0.3) is 0 Å². The van der Waals surface area contributed by atoms with Gasteiger partial charge in [0.2, 0.25) is 0 Å². The van der Waals surface area contributed by atoms with E-state index in [1.54, 1.807) is 14.0 Å². The molecule has 1 aliphatic rings. The van der Waals surface area contributed by atoms with Crippen molar-refractivity contribution in [3.05, 3.63) is 46.2 Å². The summed E-state index contributed by atoms with van der Waals surface area (Å²) in [6.07, 6.45) is 0.481. The van der Waals surface area contributed by atoms with Crippen molar-refractivity contribution in [2.24, 2.45) is 0 Å². The third kappa shape index (κ3) is 5.82. The van der Waals surface area contributed by atoms with Crippen molar-refractivity contribution in [1.82, 2.24) is 4.90 Å². The molecule has 1 N–H and O–H groups in total. The molecule has 7 nitrogen and oxygen atoms in total. The summed E-state index contributed by atoms with van der Waals surface area (Å²) in [5.41, 5.74) is 2.02. The zero-order chi connectivity index (χ0) is 20.9. The monoisotopic (exact) mass is 438 g/mol. The van der Waals surface area contributed by atoms with Gasteiger partial charge in [0.05, 0.1) is 24.8 Å². The highest BCUT2D eigenvalue weighted by Crippen LogP contribution is 2.42. The lowest BCUT2D eigenvalue weighted by molar-refractivity contribution is 0.0751. The van der Waals surface area contributed by atoms with E-state index in [2.05, 4.69) is 4.90 Å². The van der Waals surface area contributed by atoms with Crippen molar-refractivity contribution in [2.75, 3.05) is 51.0 Å². The van der Waals surface area contributed by atoms with Gasteiger partial charge < -0.3 is 24.0 Å². The Balaban J connectivity index is 1.53. The third-order valence-electron chi connectivity index (χ3n) is 4.88. The van der Waals surface area contributed by atoms with Crippen LogP contribution in [0.4, 0.5) is 5.69 Å². The third-order valence-corrected chi connectivity index (χ3v) is 7.30. The van der Waals surface area contributed by atoms with Gasteiger partial charge in [0.15, 0.2) is 0 Å². The number of thiophene rings is 1. The lowest BCUT2D eigenvalue weighted by atomic mass is 10.2. The maximum Gasteiger partial charge on any atom is 0.328 e. The highest BCUT2D eigenvalue weighted by Gasteiger charge is 2.24. The van der Waals surface area contributed by atoms with E-state index in [1.165, 1.54) is 11.3 Å². The predicted molar refractivity (Wildman–Crippen MR) is 115 cm³/mol. The molecule has 1 unspecified atom stereocenters. The molecule has 1 amide bonds. The van der Waals surface area contributed by atoms with Crippen LogP contribution < -0.4 is 9.64 Å². The van der Waals surface area contributed by atoms with Gasteiger partial charge in [-0.25, -0.2) is 0 Å². The molecule has 1 aromatic carbocycles. The molecule has 29 heavy (non-hydrogen) atoms. The summed E-state index contributed by atoms with van der Waals surface area (Å²) in [7, 11) is -1.89. The lowest BCUT2D eigenvalue weighted by Gasteiger charge is -2.36. The SMILES string of the molecule is CCOP(=O)(O)CCc1csc(C(=O)N2CCN(c3ccc(OC)cc3)CC2)c1. The number of ether oxygens (including phenoxy) is 1. The Hall–Kier alpha value is -1.86. The van der Waals surface area contributed by atoms with Crippen molar-refractivity contribution >= 4 is 30.5 Å². The molecular weight excluding hydrogens is 411 g/mol. The van der Waals surface area contributed by atoms with Crippen LogP contribution in [0.5, 0.6) is 5.75 Å². The average Bonchev–Trinajstić information content (AvgIpc) is 3.21. The fraction of sp³-hybridized carbons (Fsp3) is 0.450. The Kier molecular flexibility index (Phi) is 7.35. The minimum Gasteiger partial charge on any atom is -0.497 e. The van der Waals surface area contributed by atoms with E-state index >= 15 is 0 Å². The van der Waals surface area contributed by atoms with Crippen molar-refractivity contribution < 1.29 is 23.5 Å². The van der Waals surface area contributed by atoms with Crippen molar-refractivity contribution in [3.8, 4) is 5.75 Å². The fourth-order valence-corrected chi connectivity index (χ4v) is 5.26. The molecule has 0 bridgehead atoms. The van der Waals surface area contributed by atoms with E-state index in [0.717, 1.165) is 30.1 Å². The number of anilines is 1. The van der Waals surface area contributed by atoms with Crippen LogP contribution in [-0.4, -0.2) is 61.8 Å². The largest absolute Gasteiger partial charge is 0.497 e. The molecule has 1 atom stereocenters. The summed E-state index contributed by atoms with van der Waals surface area (Å²) in [5, 5.41) is 1.88. The van der Waals surface area contributed by atoms with Crippen LogP contribution in [0.3, 0.4) is 0 Å². The van der Waals surface area contributed by atoms with Gasteiger partial charge in [-0.3, -0.25) is 9.36 Å². The summed E-state index contributed by atoms with van der Waals surface area (Å²) in [6, 6.07) is 9.77. The quantitative estimate of drug-likeness (QED) is 0.636. The number of benzene rings is 1. The number of aryl methyl sites for hydroxylation is 1. The molecule has 0 radical (unpaired) electrons. The normalized spacial score (nSPS) is 16.5. The molecule has 158 valence electrons. The Labute approximate surface area is 175 Å². The molecule has 1 aliphatic heterocycles. The number of carbonyl (C=O) groups is 1. The summed E-state index contributed by atoms with van der Waals surface area (Å²) < 4.78 is 21.9. The molecule has 1 saturated heterocycles. The smallest absolute Gasteiger partial charge is 0.328 e. The second-order valence-electron chi connectivity index (χ2n) is 6.83. The molecule has 0 aliphatic carbocycles. The minimum atomic E-state index is -3.54. The van der Waals surface area contributed by atoms with Crippen molar-refractivity contribution in [3.63, 3.8) is 0 Å². The van der Waals surface area contributed by atoms with Crippen molar-refractivity contribution in [1.29, 1.82) is 0 Å². The highest BCUT2D eigenvalue weighted by molar-refractivity contribution is 7.52. The number of nitrogens with zero attached hydrogens (tertiary/aromatic N) is 2. The van der Waals surface area contributed by atoms with Crippen molar-refractivity contribution in [2.45, 2.75) is 13.3 Å². The number of amides is 1. The van der Waals surface area contributed by atoms with E-state index in [0.29, 0.717) is 24.4 Å². The molecule has 9 heteroatoms. The average molecular weight is 438 g/mol. The molecule has 1 fully saturated rings. The van der Waals surface area contributed by atoms with E-state index in [1.807, 2.05) is 40.6 Å². The van der Waals surface area contributed by atoms with Crippen LogP contribution in [0.2, 0.25) is 0 Å². The first kappa shape index (κ1) is 21.8. The standard InChI is InChI=1S/C20H27N2O5PS/c1-3-27-28(24,25)13-8-16-14-19(29-15-16)20(23)22-11-9-21(10-12-22)17-4-6-18(26-2)7-5-17/h4-7,14-15H,3,8-13H2,1-2H3,(H,24,25). The number of hydrogen-bond acceptors (Lipinski definition) is 6. The van der Waals surface area contributed by atoms with Gasteiger partial charge in [-0.15, -0.1) is 11.3 Å². The summed E-state index contributed by atoms with van der Waals surface area (Å²) in [6.45, 7) is 4.78. The second kappa shape index (κ2) is 9.76. The fourth-order valence-electron chi connectivity index (χ4n) is 3.27. The van der Waals surface area contributed by atoms with Gasteiger partial charge in [-0.2, -0.15) is 0 Å². The number of rotatable bonds is 8. The highest BCUT2D eigenvalue weighted by atomic mass is 32.1. The van der Waals surface area contributed by atoms with Gasteiger partial charge in [0, 0.05) is 31.9 Å². The number of hydrogen-bond donors (Lipinski definition) is 1. The van der Waals surface area contributed by atoms with Crippen LogP contribution in [0, 0.1) is 0 Å². The van der Waals surface area contributed by atoms with Gasteiger partial charge in [0.25, 0.3) is 5.91 Å². The van der Waals surface area contributed by atoms with Crippen LogP contribution >= 0.6 is 18.9 Å². The van der Waals surface area contributed by atoms with Crippen LogP contribution in [-0.2, 0) is 15.5 Å². The molecular formula is C20H27N2O5PS. The van der Waals surface area contributed by atoms with E-state index in [-0.39, 0.29) is 18.7 Å². The zero-order valence-electron chi connectivity index (χ0n) is 16.7. The molecule has 2 aromatic rings. The summed E-state index contributed by atoms with van der Waals surface area (Å²) in [4.78, 5) is 27.3. The Bertz CT molecular complexity index is 862. The van der Waals surface area contributed by atoms with Gasteiger partial charge in [-0.1, -0.05) is 0 Å². The van der Waals surface area contributed by atoms with Crippen LogP contribution in [0.1, 0.15) is 22.2 Å². The molecule has 2 heterocycles. The number of methoxy groups -OCH3 is 1. The Morgan fingerprint density at radius 2 is 1.90 bits per heavy atom. The maximum absolute atomic E-state index is 12.8. The second-order valence-corrected chi connectivity index (χ2v) is 9.72. The lowest BCUT2D eigenvalue weighted by Crippen LogP contribution is -2.48. The molecule has 1 aromatic heterocycles. The molecule has 0 saturated carbocycles. The van der Waals surface area contributed by atoms with Gasteiger partial charge >= 0.3 is 7.60 Å². The Morgan fingerprint density at radius 3 is 2.52 bits per heavy atom. The van der Waals surface area contributed by atoms with Crippen LogP contribution in [0.15, 0.2) is 35.7 Å². The predicted octanol–water partition coefficient (Wildman–Crippen LogP) is 3.48. The van der Waals surface area contributed by atoms with Gasteiger partial charge in [-0.05, 0) is 54.6 Å².